The molecule has 1 aromatic heterocycles. The van der Waals surface area contributed by atoms with Crippen molar-refractivity contribution in [3.05, 3.63) is 44.2 Å². The molecule has 0 unspecified atom stereocenters. The molecule has 4 nitrogen and oxygen atoms in total. The Morgan fingerprint density at radius 1 is 0.864 bits per heavy atom. The van der Waals surface area contributed by atoms with E-state index < -0.39 is 0 Å². The molecule has 22 heavy (non-hydrogen) atoms. The summed E-state index contributed by atoms with van der Waals surface area (Å²) in [7, 11) is 0. The van der Waals surface area contributed by atoms with Gasteiger partial charge in [0.1, 0.15) is 5.15 Å². The number of nitrogens with zero attached hydrogens (tertiary/aromatic N) is 3. The van der Waals surface area contributed by atoms with Crippen LogP contribution in [0.1, 0.15) is 39.1 Å². The number of nitriles is 1. The summed E-state index contributed by atoms with van der Waals surface area (Å²) in [5.41, 5.74) is 7.40. The van der Waals surface area contributed by atoms with Gasteiger partial charge in [-0.3, -0.25) is 0 Å². The lowest BCUT2D eigenvalue weighted by atomic mass is 9.93. The van der Waals surface area contributed by atoms with E-state index in [2.05, 4.69) is 21.4 Å². The summed E-state index contributed by atoms with van der Waals surface area (Å²) in [6.45, 7) is 11.7. The number of aromatic nitrogens is 2. The zero-order valence-corrected chi connectivity index (χ0v) is 14.5. The Labute approximate surface area is 136 Å². The van der Waals surface area contributed by atoms with Crippen LogP contribution in [-0.2, 0) is 0 Å². The second kappa shape index (κ2) is 5.94. The minimum Gasteiger partial charge on any atom is -0.324 e. The van der Waals surface area contributed by atoms with E-state index in [9.17, 15) is 5.26 Å². The maximum absolute atomic E-state index is 9.32. The number of rotatable bonds is 2. The molecule has 0 saturated carbocycles. The molecule has 0 saturated heterocycles. The third-order valence-electron chi connectivity index (χ3n) is 4.30. The highest BCUT2D eigenvalue weighted by atomic mass is 35.5. The molecule has 114 valence electrons. The third kappa shape index (κ3) is 2.65. The lowest BCUT2D eigenvalue weighted by Crippen LogP contribution is -2.07. The van der Waals surface area contributed by atoms with Crippen molar-refractivity contribution in [2.24, 2.45) is 0 Å². The van der Waals surface area contributed by atoms with Crippen LogP contribution in [0.25, 0.3) is 0 Å². The molecule has 0 fully saturated rings. The molecule has 2 rings (SSSR count). The van der Waals surface area contributed by atoms with Crippen LogP contribution in [-0.4, -0.2) is 9.97 Å². The van der Waals surface area contributed by atoms with Gasteiger partial charge in [0.15, 0.2) is 0 Å². The summed E-state index contributed by atoms with van der Waals surface area (Å²) in [5, 5.41) is 13.0. The van der Waals surface area contributed by atoms with Gasteiger partial charge in [-0.25, -0.2) is 9.97 Å². The van der Waals surface area contributed by atoms with Crippen molar-refractivity contribution in [2.45, 2.75) is 41.5 Å². The van der Waals surface area contributed by atoms with Crippen LogP contribution >= 0.6 is 11.6 Å². The lowest BCUT2D eigenvalue weighted by molar-refractivity contribution is 1.06. The highest BCUT2D eigenvalue weighted by Crippen LogP contribution is 2.32. The van der Waals surface area contributed by atoms with Crippen molar-refractivity contribution in [1.82, 2.24) is 9.97 Å². The predicted octanol–water partition coefficient (Wildman–Crippen LogP) is 4.60. The van der Waals surface area contributed by atoms with E-state index in [0.717, 1.165) is 44.8 Å². The van der Waals surface area contributed by atoms with Crippen molar-refractivity contribution in [3.63, 3.8) is 0 Å². The monoisotopic (exact) mass is 314 g/mol. The lowest BCUT2D eigenvalue weighted by Gasteiger charge is -2.18. The Morgan fingerprint density at radius 3 is 1.86 bits per heavy atom. The van der Waals surface area contributed by atoms with Crippen molar-refractivity contribution in [1.29, 1.82) is 5.26 Å². The molecule has 0 aliphatic rings. The number of anilines is 2. The highest BCUT2D eigenvalue weighted by Gasteiger charge is 2.16. The Bertz CT molecular complexity index is 751. The van der Waals surface area contributed by atoms with Crippen LogP contribution in [0.4, 0.5) is 11.6 Å². The van der Waals surface area contributed by atoms with E-state index in [1.54, 1.807) is 0 Å². The van der Waals surface area contributed by atoms with Crippen molar-refractivity contribution in [2.75, 3.05) is 5.32 Å². The minimum absolute atomic E-state index is 0.451. The molecule has 2 aromatic rings. The second-order valence-corrected chi connectivity index (χ2v) is 5.89. The van der Waals surface area contributed by atoms with Gasteiger partial charge in [0.05, 0.1) is 11.6 Å². The van der Waals surface area contributed by atoms with E-state index in [4.69, 9.17) is 11.6 Å². The number of hydrogen-bond acceptors (Lipinski definition) is 4. The number of halogens is 1. The molecule has 0 aliphatic heterocycles. The van der Waals surface area contributed by atoms with E-state index in [-0.39, 0.29) is 0 Å². The first-order valence-corrected chi connectivity index (χ1v) is 7.43. The number of nitrogens with one attached hydrogen (secondary N) is 1. The standard InChI is InChI=1S/C17H19ClN4/c1-8-10(3)15(11(4)9(2)14(8)7-19)21-17-20-13(6)12(5)16(18)22-17/h1-6H3,(H,20,21,22). The first-order chi connectivity index (χ1) is 10.3. The smallest absolute Gasteiger partial charge is 0.228 e. The number of hydrogen-bond donors (Lipinski definition) is 1. The van der Waals surface area contributed by atoms with Gasteiger partial charge in [0.25, 0.3) is 0 Å². The zero-order valence-electron chi connectivity index (χ0n) is 13.7. The number of aryl methyl sites for hydroxylation is 1. The maximum atomic E-state index is 9.32. The average molecular weight is 315 g/mol. The summed E-state index contributed by atoms with van der Waals surface area (Å²) < 4.78 is 0. The van der Waals surface area contributed by atoms with Crippen LogP contribution in [0, 0.1) is 52.9 Å². The van der Waals surface area contributed by atoms with Gasteiger partial charge in [0.2, 0.25) is 5.95 Å². The van der Waals surface area contributed by atoms with E-state index in [1.807, 2.05) is 41.5 Å². The van der Waals surface area contributed by atoms with Crippen LogP contribution in [0.15, 0.2) is 0 Å². The largest absolute Gasteiger partial charge is 0.324 e. The molecule has 5 heteroatoms. The normalized spacial score (nSPS) is 10.5. The van der Waals surface area contributed by atoms with Crippen LogP contribution < -0.4 is 5.32 Å². The van der Waals surface area contributed by atoms with Crippen molar-refractivity contribution >= 4 is 23.2 Å². The topological polar surface area (TPSA) is 61.6 Å². The van der Waals surface area contributed by atoms with Crippen molar-refractivity contribution in [3.8, 4) is 6.07 Å². The molecule has 0 aliphatic carbocycles. The molecule has 1 aromatic carbocycles. The number of benzene rings is 1. The van der Waals surface area contributed by atoms with E-state index >= 15 is 0 Å². The Hall–Kier alpha value is -2.12. The minimum atomic E-state index is 0.451. The SMILES string of the molecule is Cc1nc(Nc2c(C)c(C)c(C#N)c(C)c2C)nc(Cl)c1C. The summed E-state index contributed by atoms with van der Waals surface area (Å²) in [4.78, 5) is 8.73. The Morgan fingerprint density at radius 2 is 1.41 bits per heavy atom. The summed E-state index contributed by atoms with van der Waals surface area (Å²) >= 11 is 6.14. The van der Waals surface area contributed by atoms with Gasteiger partial charge in [-0.2, -0.15) is 5.26 Å². The molecular formula is C17H19ClN4. The third-order valence-corrected chi connectivity index (χ3v) is 4.67. The van der Waals surface area contributed by atoms with Crippen LogP contribution in [0.5, 0.6) is 0 Å². The molecule has 1 heterocycles. The highest BCUT2D eigenvalue weighted by molar-refractivity contribution is 6.30. The molecule has 0 atom stereocenters. The van der Waals surface area contributed by atoms with Crippen molar-refractivity contribution < 1.29 is 0 Å². The van der Waals surface area contributed by atoms with Gasteiger partial charge in [-0.1, -0.05) is 11.6 Å². The summed E-state index contributed by atoms with van der Waals surface area (Å²) in [6, 6.07) is 2.28. The van der Waals surface area contributed by atoms with Gasteiger partial charge in [-0.05, 0) is 63.8 Å². The van der Waals surface area contributed by atoms with E-state index in [0.29, 0.717) is 11.1 Å². The van der Waals surface area contributed by atoms with Gasteiger partial charge in [0, 0.05) is 16.9 Å². The van der Waals surface area contributed by atoms with Crippen LogP contribution in [0.3, 0.4) is 0 Å². The molecule has 1 N–H and O–H groups in total. The Kier molecular flexibility index (Phi) is 4.39. The predicted molar refractivity (Wildman–Crippen MR) is 89.9 cm³/mol. The molecule has 0 bridgehead atoms. The second-order valence-electron chi connectivity index (χ2n) is 5.54. The Balaban J connectivity index is 2.58. The summed E-state index contributed by atoms with van der Waals surface area (Å²) in [5.74, 6) is 0.475. The average Bonchev–Trinajstić information content (AvgIpc) is 2.47. The van der Waals surface area contributed by atoms with Gasteiger partial charge in [-0.15, -0.1) is 0 Å². The quantitative estimate of drug-likeness (QED) is 0.823. The molecule has 0 radical (unpaired) electrons. The first-order valence-electron chi connectivity index (χ1n) is 7.06. The zero-order chi connectivity index (χ0) is 16.6. The summed E-state index contributed by atoms with van der Waals surface area (Å²) in [6.07, 6.45) is 0. The van der Waals surface area contributed by atoms with Gasteiger partial charge >= 0.3 is 0 Å². The van der Waals surface area contributed by atoms with Crippen LogP contribution in [0.2, 0.25) is 5.15 Å². The maximum Gasteiger partial charge on any atom is 0.228 e. The fourth-order valence-corrected chi connectivity index (χ4v) is 2.65. The fraction of sp³-hybridized carbons (Fsp3) is 0.353. The first kappa shape index (κ1) is 16.3. The fourth-order valence-electron chi connectivity index (χ4n) is 2.43. The molecular weight excluding hydrogens is 296 g/mol. The van der Waals surface area contributed by atoms with E-state index in [1.165, 1.54) is 0 Å². The molecule has 0 spiro atoms. The molecule has 0 amide bonds. The van der Waals surface area contributed by atoms with Gasteiger partial charge < -0.3 is 5.32 Å².